The van der Waals surface area contributed by atoms with Crippen molar-refractivity contribution in [1.29, 1.82) is 0 Å². The van der Waals surface area contributed by atoms with Crippen LogP contribution in [-0.4, -0.2) is 21.0 Å². The first-order valence-corrected chi connectivity index (χ1v) is 8.79. The van der Waals surface area contributed by atoms with Crippen molar-refractivity contribution in [2.75, 3.05) is 5.32 Å². The maximum atomic E-state index is 11.5. The SMILES string of the molecule is O=C(O)c1cc(Br)ccc1Nc1ncnc2sc3c(c12)CCC3. The highest BCUT2D eigenvalue weighted by atomic mass is 79.9. The van der Waals surface area contributed by atoms with Crippen molar-refractivity contribution in [3.8, 4) is 0 Å². The molecule has 1 aliphatic carbocycles. The molecule has 0 bridgehead atoms. The van der Waals surface area contributed by atoms with Gasteiger partial charge in [-0.1, -0.05) is 15.9 Å². The summed E-state index contributed by atoms with van der Waals surface area (Å²) >= 11 is 5.02. The third-order valence-electron chi connectivity index (χ3n) is 3.97. The normalized spacial score (nSPS) is 13.3. The zero-order valence-electron chi connectivity index (χ0n) is 12.0. The average Bonchev–Trinajstić information content (AvgIpc) is 3.09. The predicted octanol–water partition coefficient (Wildman–Crippen LogP) is 4.38. The highest BCUT2D eigenvalue weighted by molar-refractivity contribution is 9.10. The zero-order chi connectivity index (χ0) is 16.0. The lowest BCUT2D eigenvalue weighted by Gasteiger charge is -2.10. The number of carboxylic acid groups (broad SMARTS) is 1. The van der Waals surface area contributed by atoms with Gasteiger partial charge in [-0.3, -0.25) is 0 Å². The van der Waals surface area contributed by atoms with E-state index >= 15 is 0 Å². The summed E-state index contributed by atoms with van der Waals surface area (Å²) in [6, 6.07) is 5.14. The molecule has 0 fully saturated rings. The number of thiophene rings is 1. The number of rotatable bonds is 3. The van der Waals surface area contributed by atoms with Crippen molar-refractivity contribution in [3.63, 3.8) is 0 Å². The van der Waals surface area contributed by atoms with Crippen molar-refractivity contribution < 1.29 is 9.90 Å². The molecule has 3 aromatic rings. The standard InChI is InChI=1S/C16H12BrN3O2S/c17-8-4-5-11(10(6-8)16(21)22)20-14-13-9-2-1-3-12(9)23-15(13)19-7-18-14/h4-7H,1-3H2,(H,21,22)(H,18,19,20). The monoisotopic (exact) mass is 389 g/mol. The Bertz CT molecular complexity index is 938. The van der Waals surface area contributed by atoms with Gasteiger partial charge in [0.25, 0.3) is 0 Å². The van der Waals surface area contributed by atoms with E-state index in [-0.39, 0.29) is 5.56 Å². The minimum absolute atomic E-state index is 0.206. The first-order valence-electron chi connectivity index (χ1n) is 7.18. The third-order valence-corrected chi connectivity index (χ3v) is 5.66. The fraction of sp³-hybridized carbons (Fsp3) is 0.188. The summed E-state index contributed by atoms with van der Waals surface area (Å²) in [4.78, 5) is 22.5. The summed E-state index contributed by atoms with van der Waals surface area (Å²) in [5, 5.41) is 13.6. The van der Waals surface area contributed by atoms with Crippen LogP contribution in [0, 0.1) is 0 Å². The molecule has 0 spiro atoms. The second-order valence-corrected chi connectivity index (χ2v) is 7.38. The molecule has 0 aliphatic heterocycles. The summed E-state index contributed by atoms with van der Waals surface area (Å²) in [6.07, 6.45) is 4.80. The Morgan fingerprint density at radius 1 is 1.30 bits per heavy atom. The molecule has 2 N–H and O–H groups in total. The molecule has 4 rings (SSSR count). The van der Waals surface area contributed by atoms with Crippen LogP contribution in [0.25, 0.3) is 10.2 Å². The fourth-order valence-electron chi connectivity index (χ4n) is 2.95. The van der Waals surface area contributed by atoms with E-state index < -0.39 is 5.97 Å². The highest BCUT2D eigenvalue weighted by Crippen LogP contribution is 2.40. The molecule has 0 unspecified atom stereocenters. The Morgan fingerprint density at radius 3 is 3.00 bits per heavy atom. The summed E-state index contributed by atoms with van der Waals surface area (Å²) < 4.78 is 0.727. The van der Waals surface area contributed by atoms with Gasteiger partial charge < -0.3 is 10.4 Å². The van der Waals surface area contributed by atoms with Gasteiger partial charge in [0.1, 0.15) is 17.0 Å². The van der Waals surface area contributed by atoms with Crippen LogP contribution in [0.5, 0.6) is 0 Å². The van der Waals surface area contributed by atoms with Crippen LogP contribution in [0.4, 0.5) is 11.5 Å². The molecule has 7 heteroatoms. The molecular weight excluding hydrogens is 378 g/mol. The van der Waals surface area contributed by atoms with E-state index in [1.165, 1.54) is 16.8 Å². The highest BCUT2D eigenvalue weighted by Gasteiger charge is 2.22. The van der Waals surface area contributed by atoms with Crippen LogP contribution in [-0.2, 0) is 12.8 Å². The number of hydrogen-bond acceptors (Lipinski definition) is 5. The molecule has 2 heterocycles. The molecule has 1 aliphatic rings. The van der Waals surface area contributed by atoms with E-state index in [9.17, 15) is 9.90 Å². The van der Waals surface area contributed by atoms with Gasteiger partial charge in [-0.05, 0) is 43.0 Å². The number of carbonyl (C=O) groups is 1. The summed E-state index contributed by atoms with van der Waals surface area (Å²) in [7, 11) is 0. The maximum Gasteiger partial charge on any atom is 0.337 e. The lowest BCUT2D eigenvalue weighted by Crippen LogP contribution is -2.04. The van der Waals surface area contributed by atoms with Crippen LogP contribution in [0.15, 0.2) is 29.0 Å². The zero-order valence-corrected chi connectivity index (χ0v) is 14.4. The molecule has 0 saturated carbocycles. The molecule has 0 atom stereocenters. The molecule has 0 amide bonds. The number of aromatic carboxylic acids is 1. The van der Waals surface area contributed by atoms with Crippen molar-refractivity contribution in [2.45, 2.75) is 19.3 Å². The first-order chi connectivity index (χ1) is 11.1. The molecule has 5 nitrogen and oxygen atoms in total. The molecule has 1 aromatic carbocycles. The lowest BCUT2D eigenvalue weighted by molar-refractivity contribution is 0.0698. The largest absolute Gasteiger partial charge is 0.478 e. The fourth-order valence-corrected chi connectivity index (χ4v) is 4.54. The smallest absolute Gasteiger partial charge is 0.337 e. The topological polar surface area (TPSA) is 75.1 Å². The van der Waals surface area contributed by atoms with E-state index in [0.717, 1.165) is 34.0 Å². The van der Waals surface area contributed by atoms with Crippen molar-refractivity contribution in [1.82, 2.24) is 9.97 Å². The van der Waals surface area contributed by atoms with Crippen LogP contribution < -0.4 is 5.32 Å². The second kappa shape index (κ2) is 5.58. The van der Waals surface area contributed by atoms with Crippen molar-refractivity contribution >= 4 is 55.0 Å². The lowest BCUT2D eigenvalue weighted by atomic mass is 10.1. The Balaban J connectivity index is 1.84. The minimum Gasteiger partial charge on any atom is -0.478 e. The Labute approximate surface area is 144 Å². The van der Waals surface area contributed by atoms with Gasteiger partial charge >= 0.3 is 5.97 Å². The number of aryl methyl sites for hydroxylation is 2. The number of aromatic nitrogens is 2. The number of nitrogens with zero attached hydrogens (tertiary/aromatic N) is 2. The number of anilines is 2. The number of hydrogen-bond donors (Lipinski definition) is 2. The minimum atomic E-state index is -0.977. The van der Waals surface area contributed by atoms with Crippen LogP contribution in [0.2, 0.25) is 0 Å². The number of nitrogens with one attached hydrogen (secondary N) is 1. The maximum absolute atomic E-state index is 11.5. The summed E-state index contributed by atoms with van der Waals surface area (Å²) in [5.74, 6) is -0.297. The third kappa shape index (κ3) is 2.49. The quantitative estimate of drug-likeness (QED) is 0.694. The van der Waals surface area contributed by atoms with Gasteiger partial charge in [0.15, 0.2) is 0 Å². The van der Waals surface area contributed by atoms with Crippen molar-refractivity contribution in [3.05, 3.63) is 45.0 Å². The number of fused-ring (bicyclic) bond motifs is 3. The van der Waals surface area contributed by atoms with Gasteiger partial charge in [0.2, 0.25) is 0 Å². The van der Waals surface area contributed by atoms with Crippen LogP contribution in [0.3, 0.4) is 0 Å². The summed E-state index contributed by atoms with van der Waals surface area (Å²) in [5.41, 5.74) is 2.04. The van der Waals surface area contributed by atoms with Gasteiger partial charge in [-0.25, -0.2) is 14.8 Å². The van der Waals surface area contributed by atoms with E-state index in [4.69, 9.17) is 0 Å². The Hall–Kier alpha value is -1.99. The van der Waals surface area contributed by atoms with E-state index in [0.29, 0.717) is 11.5 Å². The number of halogens is 1. The van der Waals surface area contributed by atoms with Crippen LogP contribution >= 0.6 is 27.3 Å². The van der Waals surface area contributed by atoms with E-state index in [2.05, 4.69) is 31.2 Å². The molecule has 116 valence electrons. The van der Waals surface area contributed by atoms with Crippen LogP contribution in [0.1, 0.15) is 27.2 Å². The van der Waals surface area contributed by atoms with Gasteiger partial charge in [-0.2, -0.15) is 0 Å². The van der Waals surface area contributed by atoms with Crippen molar-refractivity contribution in [2.24, 2.45) is 0 Å². The Morgan fingerprint density at radius 2 is 2.17 bits per heavy atom. The first kappa shape index (κ1) is 14.6. The van der Waals surface area contributed by atoms with E-state index in [1.54, 1.807) is 23.5 Å². The summed E-state index contributed by atoms with van der Waals surface area (Å²) in [6.45, 7) is 0. The average molecular weight is 390 g/mol. The number of benzene rings is 1. The number of carboxylic acids is 1. The molecule has 23 heavy (non-hydrogen) atoms. The van der Waals surface area contributed by atoms with E-state index in [1.807, 2.05) is 6.07 Å². The molecule has 2 aromatic heterocycles. The second-order valence-electron chi connectivity index (χ2n) is 5.38. The van der Waals surface area contributed by atoms with Gasteiger partial charge in [0, 0.05) is 9.35 Å². The Kier molecular flexibility index (Phi) is 3.54. The van der Waals surface area contributed by atoms with Gasteiger partial charge in [-0.15, -0.1) is 11.3 Å². The molecular formula is C16H12BrN3O2S. The van der Waals surface area contributed by atoms with Gasteiger partial charge in [0.05, 0.1) is 16.6 Å². The molecule has 0 saturated heterocycles. The predicted molar refractivity (Wildman–Crippen MR) is 93.8 cm³/mol. The molecule has 0 radical (unpaired) electrons.